The molecule has 7 aromatic rings. The first-order valence-electron chi connectivity index (χ1n) is 17.2. The maximum atomic E-state index is 2.36. The maximum absolute atomic E-state index is 2.36. The van der Waals surface area contributed by atoms with Crippen LogP contribution in [0.15, 0.2) is 146 Å². The third kappa shape index (κ3) is 4.90. The maximum Gasteiger partial charge on any atom is -0.000719 e. The molecule has 0 heterocycles. The van der Waals surface area contributed by atoms with Gasteiger partial charge in [-0.05, 0) is 99.5 Å². The molecule has 0 amide bonds. The highest BCUT2D eigenvalue weighted by Gasteiger charge is 2.34. The van der Waals surface area contributed by atoms with Gasteiger partial charge in [0.05, 0.1) is 0 Å². The van der Waals surface area contributed by atoms with Crippen LogP contribution in [0, 0.1) is 0 Å². The molecule has 0 bridgehead atoms. The quantitative estimate of drug-likeness (QED) is 0.184. The van der Waals surface area contributed by atoms with Crippen LogP contribution >= 0.6 is 0 Å². The van der Waals surface area contributed by atoms with Crippen molar-refractivity contribution in [3.63, 3.8) is 0 Å². The fraction of sp³-hybridized carbons (Fsp3) is 0.167. The van der Waals surface area contributed by atoms with E-state index in [1.807, 2.05) is 0 Å². The lowest BCUT2D eigenvalue weighted by Crippen LogP contribution is -2.10. The summed E-state index contributed by atoms with van der Waals surface area (Å²) >= 11 is 0. The van der Waals surface area contributed by atoms with Crippen LogP contribution in [-0.4, -0.2) is 0 Å². The molecule has 0 aromatic heterocycles. The second kappa shape index (κ2) is 11.2. The minimum atomic E-state index is 0.0723. The highest BCUT2D eigenvalue weighted by atomic mass is 14.4. The lowest BCUT2D eigenvalue weighted by atomic mass is 9.76. The zero-order valence-electron chi connectivity index (χ0n) is 28.9. The first-order valence-corrected chi connectivity index (χ1v) is 17.2. The molecule has 0 atom stereocenters. The van der Waals surface area contributed by atoms with Gasteiger partial charge in [-0.3, -0.25) is 0 Å². The van der Waals surface area contributed by atoms with E-state index in [9.17, 15) is 0 Å². The first kappa shape index (κ1) is 30.2. The van der Waals surface area contributed by atoms with Crippen molar-refractivity contribution >= 4 is 10.8 Å². The average Bonchev–Trinajstić information content (AvgIpc) is 3.43. The van der Waals surface area contributed by atoms with Gasteiger partial charge >= 0.3 is 0 Å². The number of fused-ring (bicyclic) bond motifs is 3. The van der Waals surface area contributed by atoms with Crippen molar-refractivity contribution in [2.24, 2.45) is 0 Å². The van der Waals surface area contributed by atoms with Gasteiger partial charge in [0.15, 0.2) is 0 Å². The SMILES string of the molecule is CC(C)(C)c1ccc(-c2c(-c3ccccc3)c(-c3ccccc3)c(-c3ccc(C(C)(C)C)cc3)c3c2-c2cccc4cccc-3c24)cc1. The van der Waals surface area contributed by atoms with Crippen LogP contribution in [0.25, 0.3) is 77.5 Å². The van der Waals surface area contributed by atoms with Crippen LogP contribution in [0.1, 0.15) is 52.7 Å². The summed E-state index contributed by atoms with van der Waals surface area (Å²) in [7, 11) is 0. The second-order valence-electron chi connectivity index (χ2n) is 15.3. The first-order chi connectivity index (χ1) is 23.1. The van der Waals surface area contributed by atoms with Gasteiger partial charge in [0.25, 0.3) is 0 Å². The van der Waals surface area contributed by atoms with Gasteiger partial charge in [-0.25, -0.2) is 0 Å². The average molecular weight is 619 g/mol. The van der Waals surface area contributed by atoms with E-state index in [0.717, 1.165) is 0 Å². The molecule has 0 radical (unpaired) electrons. The largest absolute Gasteiger partial charge is 0.0622 e. The normalized spacial score (nSPS) is 12.4. The Labute approximate surface area is 285 Å². The third-order valence-corrected chi connectivity index (χ3v) is 10.1. The highest BCUT2D eigenvalue weighted by molar-refractivity contribution is 6.25. The minimum Gasteiger partial charge on any atom is -0.0622 e. The Balaban J connectivity index is 1.60. The number of benzene rings is 7. The Morgan fingerprint density at radius 3 is 0.979 bits per heavy atom. The summed E-state index contributed by atoms with van der Waals surface area (Å²) in [5.41, 5.74) is 18.2. The predicted octanol–water partition coefficient (Wildman–Crippen LogP) is 13.8. The zero-order valence-corrected chi connectivity index (χ0v) is 28.9. The van der Waals surface area contributed by atoms with Crippen molar-refractivity contribution in [1.29, 1.82) is 0 Å². The highest BCUT2D eigenvalue weighted by Crippen LogP contribution is 2.60. The molecule has 0 heteroatoms. The van der Waals surface area contributed by atoms with E-state index in [0.29, 0.717) is 0 Å². The Morgan fingerprint density at radius 2 is 0.625 bits per heavy atom. The molecule has 0 nitrogen and oxygen atoms in total. The van der Waals surface area contributed by atoms with Crippen molar-refractivity contribution in [2.75, 3.05) is 0 Å². The molecular formula is C48H42. The predicted molar refractivity (Wildman–Crippen MR) is 208 cm³/mol. The van der Waals surface area contributed by atoms with Crippen LogP contribution in [0.5, 0.6) is 0 Å². The van der Waals surface area contributed by atoms with E-state index >= 15 is 0 Å². The van der Waals surface area contributed by atoms with Crippen molar-refractivity contribution in [2.45, 2.75) is 52.4 Å². The molecule has 0 N–H and O–H groups in total. The van der Waals surface area contributed by atoms with E-state index < -0.39 is 0 Å². The Hall–Kier alpha value is -5.20. The van der Waals surface area contributed by atoms with E-state index in [4.69, 9.17) is 0 Å². The number of hydrogen-bond acceptors (Lipinski definition) is 0. The minimum absolute atomic E-state index is 0.0723. The molecule has 0 fully saturated rings. The van der Waals surface area contributed by atoms with Gasteiger partial charge in [-0.15, -0.1) is 0 Å². The molecule has 8 rings (SSSR count). The molecule has 0 aliphatic heterocycles. The van der Waals surface area contributed by atoms with Crippen molar-refractivity contribution in [1.82, 2.24) is 0 Å². The summed E-state index contributed by atoms with van der Waals surface area (Å²) in [6.07, 6.45) is 0. The Morgan fingerprint density at radius 1 is 0.292 bits per heavy atom. The summed E-state index contributed by atoms with van der Waals surface area (Å²) < 4.78 is 0. The van der Waals surface area contributed by atoms with E-state index in [2.05, 4.69) is 187 Å². The van der Waals surface area contributed by atoms with Crippen molar-refractivity contribution < 1.29 is 0 Å². The monoisotopic (exact) mass is 618 g/mol. The lowest BCUT2D eigenvalue weighted by Gasteiger charge is -2.27. The number of rotatable bonds is 4. The standard InChI is InChI=1S/C48H42/c1-47(2,3)36-27-23-34(24-28-36)43-41(32-15-9-7-10-16-32)42(33-17-11-8-12-18-33)44(35-25-29-37(30-26-35)48(4,5)6)46-39-22-14-20-31-19-13-21-38(40(31)39)45(43)46/h7-30H,1-6H3. The van der Waals surface area contributed by atoms with Crippen LogP contribution in [0.3, 0.4) is 0 Å². The summed E-state index contributed by atoms with van der Waals surface area (Å²) in [5, 5.41) is 2.63. The topological polar surface area (TPSA) is 0 Å². The van der Waals surface area contributed by atoms with E-state index in [1.165, 1.54) is 88.7 Å². The number of hydrogen-bond donors (Lipinski definition) is 0. The lowest BCUT2D eigenvalue weighted by molar-refractivity contribution is 0.590. The molecule has 0 saturated carbocycles. The van der Waals surface area contributed by atoms with Crippen LogP contribution in [-0.2, 0) is 10.8 Å². The molecular weight excluding hydrogens is 577 g/mol. The Bertz CT molecular complexity index is 2130. The van der Waals surface area contributed by atoms with Gasteiger partial charge in [-0.1, -0.05) is 187 Å². The van der Waals surface area contributed by atoms with Gasteiger partial charge in [0.2, 0.25) is 0 Å². The van der Waals surface area contributed by atoms with Gasteiger partial charge in [0.1, 0.15) is 0 Å². The summed E-state index contributed by atoms with van der Waals surface area (Å²) in [4.78, 5) is 0. The van der Waals surface area contributed by atoms with Gasteiger partial charge in [0, 0.05) is 0 Å². The van der Waals surface area contributed by atoms with Crippen LogP contribution in [0.4, 0.5) is 0 Å². The molecule has 0 spiro atoms. The van der Waals surface area contributed by atoms with Crippen LogP contribution < -0.4 is 0 Å². The molecule has 0 saturated heterocycles. The van der Waals surface area contributed by atoms with E-state index in [1.54, 1.807) is 0 Å². The summed E-state index contributed by atoms with van der Waals surface area (Å²) in [6.45, 7) is 13.7. The van der Waals surface area contributed by atoms with Gasteiger partial charge < -0.3 is 0 Å². The smallest absolute Gasteiger partial charge is 0.000719 e. The summed E-state index contributed by atoms with van der Waals surface area (Å²) in [6, 6.07) is 54.6. The third-order valence-electron chi connectivity index (χ3n) is 10.1. The van der Waals surface area contributed by atoms with Crippen molar-refractivity contribution in [3.8, 4) is 66.8 Å². The fourth-order valence-electron chi connectivity index (χ4n) is 7.68. The van der Waals surface area contributed by atoms with E-state index in [-0.39, 0.29) is 10.8 Å². The second-order valence-corrected chi connectivity index (χ2v) is 15.3. The van der Waals surface area contributed by atoms with Crippen LogP contribution in [0.2, 0.25) is 0 Å². The molecule has 234 valence electrons. The zero-order chi connectivity index (χ0) is 33.2. The molecule has 1 aliphatic carbocycles. The molecule has 48 heavy (non-hydrogen) atoms. The van der Waals surface area contributed by atoms with Gasteiger partial charge in [-0.2, -0.15) is 0 Å². The fourth-order valence-corrected chi connectivity index (χ4v) is 7.68. The molecule has 0 unspecified atom stereocenters. The Kier molecular flexibility index (Phi) is 7.04. The molecule has 7 aromatic carbocycles. The summed E-state index contributed by atoms with van der Waals surface area (Å²) in [5.74, 6) is 0. The van der Waals surface area contributed by atoms with Crippen molar-refractivity contribution in [3.05, 3.63) is 157 Å². The molecule has 1 aliphatic rings.